The topological polar surface area (TPSA) is 30.5 Å². The van der Waals surface area contributed by atoms with Gasteiger partial charge in [0, 0.05) is 0 Å². The standard InChI is InChI=1S/C14H15NO2/c1-2-16-13-8-10-14(11-9-13)17-15-12-6-4-3-5-7-12/h3-11,15H,2H2,1H3. The van der Waals surface area contributed by atoms with Gasteiger partial charge in [-0.1, -0.05) is 18.2 Å². The molecule has 0 unspecified atom stereocenters. The van der Waals surface area contributed by atoms with Crippen LogP contribution >= 0.6 is 0 Å². The molecule has 3 nitrogen and oxygen atoms in total. The molecule has 17 heavy (non-hydrogen) atoms. The summed E-state index contributed by atoms with van der Waals surface area (Å²) in [6.07, 6.45) is 0. The van der Waals surface area contributed by atoms with Gasteiger partial charge >= 0.3 is 0 Å². The highest BCUT2D eigenvalue weighted by molar-refractivity contribution is 5.41. The van der Waals surface area contributed by atoms with Crippen LogP contribution in [0.1, 0.15) is 6.92 Å². The summed E-state index contributed by atoms with van der Waals surface area (Å²) in [4.78, 5) is 5.42. The van der Waals surface area contributed by atoms with E-state index in [2.05, 4.69) is 5.48 Å². The lowest BCUT2D eigenvalue weighted by Gasteiger charge is -2.08. The summed E-state index contributed by atoms with van der Waals surface area (Å²) in [6, 6.07) is 17.2. The van der Waals surface area contributed by atoms with Crippen molar-refractivity contribution in [3.05, 3.63) is 54.6 Å². The van der Waals surface area contributed by atoms with Gasteiger partial charge in [-0.2, -0.15) is 0 Å². The first kappa shape index (κ1) is 11.3. The third-order valence-corrected chi connectivity index (χ3v) is 2.20. The van der Waals surface area contributed by atoms with E-state index in [1.807, 2.05) is 61.5 Å². The number of rotatable bonds is 5. The molecular weight excluding hydrogens is 214 g/mol. The van der Waals surface area contributed by atoms with Gasteiger partial charge in [0.25, 0.3) is 0 Å². The number of anilines is 1. The SMILES string of the molecule is CCOc1ccc(ONc2ccccc2)cc1. The van der Waals surface area contributed by atoms with Crippen LogP contribution in [-0.2, 0) is 0 Å². The summed E-state index contributed by atoms with van der Waals surface area (Å²) in [5.41, 5.74) is 3.79. The number of hydrogen-bond donors (Lipinski definition) is 1. The van der Waals surface area contributed by atoms with Crippen LogP contribution in [0.15, 0.2) is 54.6 Å². The molecule has 1 N–H and O–H groups in total. The maximum Gasteiger partial charge on any atom is 0.155 e. The minimum absolute atomic E-state index is 0.669. The zero-order chi connectivity index (χ0) is 11.9. The Kier molecular flexibility index (Phi) is 3.86. The van der Waals surface area contributed by atoms with Crippen molar-refractivity contribution in [2.75, 3.05) is 12.1 Å². The van der Waals surface area contributed by atoms with E-state index < -0.39 is 0 Å². The highest BCUT2D eigenvalue weighted by Gasteiger charge is 1.96. The average molecular weight is 229 g/mol. The molecule has 0 aliphatic rings. The van der Waals surface area contributed by atoms with Crippen molar-refractivity contribution >= 4 is 5.69 Å². The molecule has 2 aromatic rings. The van der Waals surface area contributed by atoms with Gasteiger partial charge in [0.2, 0.25) is 0 Å². The lowest BCUT2D eigenvalue weighted by atomic mass is 10.3. The Bertz CT molecular complexity index is 440. The van der Waals surface area contributed by atoms with Crippen LogP contribution < -0.4 is 15.1 Å². The molecule has 0 spiro atoms. The Labute approximate surface area is 101 Å². The minimum atomic E-state index is 0.669. The van der Waals surface area contributed by atoms with Crippen LogP contribution in [0.5, 0.6) is 11.5 Å². The molecule has 0 heterocycles. The monoisotopic (exact) mass is 229 g/mol. The predicted octanol–water partition coefficient (Wildman–Crippen LogP) is 3.49. The largest absolute Gasteiger partial charge is 0.494 e. The van der Waals surface area contributed by atoms with Crippen molar-refractivity contribution in [1.29, 1.82) is 0 Å². The fourth-order valence-electron chi connectivity index (χ4n) is 1.39. The summed E-state index contributed by atoms with van der Waals surface area (Å²) in [6.45, 7) is 2.63. The van der Waals surface area contributed by atoms with Crippen molar-refractivity contribution in [2.24, 2.45) is 0 Å². The van der Waals surface area contributed by atoms with E-state index >= 15 is 0 Å². The molecular formula is C14H15NO2. The number of hydrogen-bond acceptors (Lipinski definition) is 3. The first-order valence-corrected chi connectivity index (χ1v) is 5.59. The molecule has 0 aromatic heterocycles. The lowest BCUT2D eigenvalue weighted by Crippen LogP contribution is -2.04. The van der Waals surface area contributed by atoms with Crippen LogP contribution in [0.2, 0.25) is 0 Å². The first-order valence-electron chi connectivity index (χ1n) is 5.59. The van der Waals surface area contributed by atoms with Crippen LogP contribution in [-0.4, -0.2) is 6.61 Å². The quantitative estimate of drug-likeness (QED) is 0.796. The van der Waals surface area contributed by atoms with E-state index in [0.29, 0.717) is 6.61 Å². The van der Waals surface area contributed by atoms with Crippen molar-refractivity contribution < 1.29 is 9.57 Å². The molecule has 0 saturated carbocycles. The second-order valence-electron chi connectivity index (χ2n) is 3.47. The molecule has 2 aromatic carbocycles. The molecule has 0 aliphatic carbocycles. The second kappa shape index (κ2) is 5.80. The summed E-state index contributed by atoms with van der Waals surface area (Å²) < 4.78 is 5.35. The molecule has 0 radical (unpaired) electrons. The van der Waals surface area contributed by atoms with Crippen LogP contribution in [0, 0.1) is 0 Å². The van der Waals surface area contributed by atoms with Gasteiger partial charge in [0.15, 0.2) is 5.75 Å². The molecule has 0 atom stereocenters. The molecule has 3 heteroatoms. The number of para-hydroxylation sites is 1. The summed E-state index contributed by atoms with van der Waals surface area (Å²) in [7, 11) is 0. The minimum Gasteiger partial charge on any atom is -0.494 e. The van der Waals surface area contributed by atoms with Gasteiger partial charge < -0.3 is 9.57 Å². The number of benzene rings is 2. The van der Waals surface area contributed by atoms with Crippen LogP contribution in [0.4, 0.5) is 5.69 Å². The zero-order valence-electron chi connectivity index (χ0n) is 9.72. The van der Waals surface area contributed by atoms with Gasteiger partial charge in [-0.25, -0.2) is 5.48 Å². The first-order chi connectivity index (χ1) is 8.38. The molecule has 0 bridgehead atoms. The van der Waals surface area contributed by atoms with Crippen LogP contribution in [0.25, 0.3) is 0 Å². The third-order valence-electron chi connectivity index (χ3n) is 2.20. The smallest absolute Gasteiger partial charge is 0.155 e. The van der Waals surface area contributed by atoms with Gasteiger partial charge in [0.1, 0.15) is 5.75 Å². The highest BCUT2D eigenvalue weighted by atomic mass is 16.6. The summed E-state index contributed by atoms with van der Waals surface area (Å²) >= 11 is 0. The average Bonchev–Trinajstić information content (AvgIpc) is 2.40. The van der Waals surface area contributed by atoms with Gasteiger partial charge in [-0.15, -0.1) is 0 Å². The Hall–Kier alpha value is -2.16. The molecule has 0 amide bonds. The molecule has 88 valence electrons. The molecule has 0 fully saturated rings. The Morgan fingerprint density at radius 2 is 1.53 bits per heavy atom. The predicted molar refractivity (Wildman–Crippen MR) is 68.3 cm³/mol. The van der Waals surface area contributed by atoms with Crippen molar-refractivity contribution in [3.63, 3.8) is 0 Å². The summed E-state index contributed by atoms with van der Waals surface area (Å²) in [5.74, 6) is 1.59. The fourth-order valence-corrected chi connectivity index (χ4v) is 1.39. The number of ether oxygens (including phenoxy) is 1. The van der Waals surface area contributed by atoms with E-state index in [1.54, 1.807) is 0 Å². The highest BCUT2D eigenvalue weighted by Crippen LogP contribution is 2.18. The maximum absolute atomic E-state index is 5.42. The van der Waals surface area contributed by atoms with E-state index in [0.717, 1.165) is 17.2 Å². The van der Waals surface area contributed by atoms with Gasteiger partial charge in [-0.3, -0.25) is 0 Å². The van der Waals surface area contributed by atoms with Gasteiger partial charge in [-0.05, 0) is 43.3 Å². The fraction of sp³-hybridized carbons (Fsp3) is 0.143. The van der Waals surface area contributed by atoms with E-state index in [-0.39, 0.29) is 0 Å². The molecule has 0 saturated heterocycles. The Morgan fingerprint density at radius 3 is 2.18 bits per heavy atom. The van der Waals surface area contributed by atoms with E-state index in [9.17, 15) is 0 Å². The van der Waals surface area contributed by atoms with E-state index in [4.69, 9.17) is 9.57 Å². The normalized spacial score (nSPS) is 9.71. The van der Waals surface area contributed by atoms with Crippen molar-refractivity contribution in [1.82, 2.24) is 0 Å². The third kappa shape index (κ3) is 3.41. The zero-order valence-corrected chi connectivity index (χ0v) is 9.72. The number of nitrogens with one attached hydrogen (secondary N) is 1. The summed E-state index contributed by atoms with van der Waals surface area (Å²) in [5, 5.41) is 0. The second-order valence-corrected chi connectivity index (χ2v) is 3.47. The van der Waals surface area contributed by atoms with Crippen molar-refractivity contribution in [3.8, 4) is 11.5 Å². The molecule has 0 aliphatic heterocycles. The lowest BCUT2D eigenvalue weighted by molar-refractivity contribution is 0.339. The Balaban J connectivity index is 1.91. The Morgan fingerprint density at radius 1 is 0.882 bits per heavy atom. The van der Waals surface area contributed by atoms with E-state index in [1.165, 1.54) is 0 Å². The van der Waals surface area contributed by atoms with Crippen molar-refractivity contribution in [2.45, 2.75) is 6.92 Å². The maximum atomic E-state index is 5.42. The molecule has 2 rings (SSSR count). The van der Waals surface area contributed by atoms with Crippen LogP contribution in [0.3, 0.4) is 0 Å². The van der Waals surface area contributed by atoms with Gasteiger partial charge in [0.05, 0.1) is 12.3 Å².